The molecular formula is C13H15Cl2NO. The summed E-state index contributed by atoms with van der Waals surface area (Å²) >= 11 is 11.7. The van der Waals surface area contributed by atoms with Crippen LogP contribution in [0.3, 0.4) is 0 Å². The van der Waals surface area contributed by atoms with E-state index >= 15 is 0 Å². The van der Waals surface area contributed by atoms with Crippen molar-refractivity contribution in [2.75, 3.05) is 5.32 Å². The fourth-order valence-corrected chi connectivity index (χ4v) is 2.84. The summed E-state index contributed by atoms with van der Waals surface area (Å²) in [6, 6.07) is 5.07. The SMILES string of the molecule is O=C(CC1CCCC1)Nc1cc(Cl)cc(Cl)c1. The molecule has 1 fully saturated rings. The first-order valence-electron chi connectivity index (χ1n) is 5.89. The Kier molecular flexibility index (Phi) is 4.30. The molecule has 0 unspecified atom stereocenters. The summed E-state index contributed by atoms with van der Waals surface area (Å²) in [7, 11) is 0. The Bertz CT molecular complexity index is 394. The van der Waals surface area contributed by atoms with Crippen LogP contribution < -0.4 is 5.32 Å². The second-order valence-corrected chi connectivity index (χ2v) is 5.43. The summed E-state index contributed by atoms with van der Waals surface area (Å²) in [6.07, 6.45) is 5.44. The van der Waals surface area contributed by atoms with E-state index in [0.29, 0.717) is 28.1 Å². The van der Waals surface area contributed by atoms with Crippen LogP contribution in [0.4, 0.5) is 5.69 Å². The molecule has 1 saturated carbocycles. The zero-order valence-corrected chi connectivity index (χ0v) is 11.0. The summed E-state index contributed by atoms with van der Waals surface area (Å²) < 4.78 is 0. The van der Waals surface area contributed by atoms with Gasteiger partial charge in [-0.2, -0.15) is 0 Å². The smallest absolute Gasteiger partial charge is 0.224 e. The zero-order chi connectivity index (χ0) is 12.3. The van der Waals surface area contributed by atoms with Crippen LogP contribution in [0.1, 0.15) is 32.1 Å². The third-order valence-corrected chi connectivity index (χ3v) is 3.53. The minimum atomic E-state index is 0.0511. The fourth-order valence-electron chi connectivity index (χ4n) is 2.31. The number of carbonyl (C=O) groups excluding carboxylic acids is 1. The maximum Gasteiger partial charge on any atom is 0.224 e. The first-order chi connectivity index (χ1) is 8.13. The number of benzene rings is 1. The highest BCUT2D eigenvalue weighted by Gasteiger charge is 2.18. The summed E-state index contributed by atoms with van der Waals surface area (Å²) in [6.45, 7) is 0. The molecule has 1 N–H and O–H groups in total. The average molecular weight is 272 g/mol. The number of anilines is 1. The summed E-state index contributed by atoms with van der Waals surface area (Å²) in [5, 5.41) is 3.91. The Hall–Kier alpha value is -0.730. The molecule has 0 spiro atoms. The van der Waals surface area contributed by atoms with Crippen LogP contribution in [0.5, 0.6) is 0 Å². The van der Waals surface area contributed by atoms with E-state index in [-0.39, 0.29) is 5.91 Å². The van der Waals surface area contributed by atoms with Crippen molar-refractivity contribution in [1.82, 2.24) is 0 Å². The van der Waals surface area contributed by atoms with E-state index in [1.165, 1.54) is 25.7 Å². The Morgan fingerprint density at radius 1 is 1.18 bits per heavy atom. The van der Waals surface area contributed by atoms with Gasteiger partial charge in [0.05, 0.1) is 0 Å². The number of carbonyl (C=O) groups is 1. The van der Waals surface area contributed by atoms with Crippen molar-refractivity contribution in [2.24, 2.45) is 5.92 Å². The van der Waals surface area contributed by atoms with E-state index in [0.717, 1.165) is 0 Å². The van der Waals surface area contributed by atoms with E-state index in [9.17, 15) is 4.79 Å². The van der Waals surface area contributed by atoms with Crippen LogP contribution >= 0.6 is 23.2 Å². The monoisotopic (exact) mass is 271 g/mol. The van der Waals surface area contributed by atoms with Crippen LogP contribution in [0.15, 0.2) is 18.2 Å². The number of amides is 1. The van der Waals surface area contributed by atoms with Crippen molar-refractivity contribution in [3.63, 3.8) is 0 Å². The molecule has 0 aliphatic heterocycles. The molecule has 1 amide bonds. The third-order valence-electron chi connectivity index (χ3n) is 3.10. The van der Waals surface area contributed by atoms with Crippen molar-refractivity contribution in [3.05, 3.63) is 28.2 Å². The van der Waals surface area contributed by atoms with Crippen molar-refractivity contribution in [2.45, 2.75) is 32.1 Å². The standard InChI is InChI=1S/C13H15Cl2NO/c14-10-6-11(15)8-12(7-10)16-13(17)5-9-3-1-2-4-9/h6-9H,1-5H2,(H,16,17). The Balaban J connectivity index is 1.92. The quantitative estimate of drug-likeness (QED) is 0.861. The molecule has 1 aliphatic rings. The number of nitrogens with one attached hydrogen (secondary N) is 1. The van der Waals surface area contributed by atoms with Gasteiger partial charge >= 0.3 is 0 Å². The average Bonchev–Trinajstić information content (AvgIpc) is 2.67. The Labute approximate surface area is 111 Å². The first kappa shape index (κ1) is 12.7. The molecule has 92 valence electrons. The second kappa shape index (κ2) is 5.74. The van der Waals surface area contributed by atoms with Gasteiger partial charge in [-0.15, -0.1) is 0 Å². The molecule has 0 aromatic heterocycles. The van der Waals surface area contributed by atoms with Crippen LogP contribution in [-0.2, 0) is 4.79 Å². The minimum absolute atomic E-state index is 0.0511. The van der Waals surface area contributed by atoms with Gasteiger partial charge in [-0.05, 0) is 37.0 Å². The predicted molar refractivity (Wildman–Crippen MR) is 71.7 cm³/mol. The number of hydrogen-bond donors (Lipinski definition) is 1. The minimum Gasteiger partial charge on any atom is -0.326 e. The fraction of sp³-hybridized carbons (Fsp3) is 0.462. The van der Waals surface area contributed by atoms with Crippen LogP contribution in [0, 0.1) is 5.92 Å². The number of rotatable bonds is 3. The molecule has 2 rings (SSSR count). The largest absolute Gasteiger partial charge is 0.326 e. The molecule has 0 heterocycles. The molecule has 0 radical (unpaired) electrons. The highest BCUT2D eigenvalue weighted by atomic mass is 35.5. The van der Waals surface area contributed by atoms with Crippen molar-refractivity contribution in [3.8, 4) is 0 Å². The van der Waals surface area contributed by atoms with Gasteiger partial charge in [-0.25, -0.2) is 0 Å². The highest BCUT2D eigenvalue weighted by molar-refractivity contribution is 6.35. The molecule has 2 nitrogen and oxygen atoms in total. The lowest BCUT2D eigenvalue weighted by atomic mass is 10.0. The third kappa shape index (κ3) is 3.90. The van der Waals surface area contributed by atoms with E-state index in [2.05, 4.69) is 5.32 Å². The Morgan fingerprint density at radius 2 is 1.76 bits per heavy atom. The number of hydrogen-bond acceptors (Lipinski definition) is 1. The van der Waals surface area contributed by atoms with Crippen LogP contribution in [-0.4, -0.2) is 5.91 Å². The highest BCUT2D eigenvalue weighted by Crippen LogP contribution is 2.28. The molecule has 1 aliphatic carbocycles. The van der Waals surface area contributed by atoms with Gasteiger partial charge in [0, 0.05) is 22.2 Å². The summed E-state index contributed by atoms with van der Waals surface area (Å²) in [5.41, 5.74) is 0.672. The lowest BCUT2D eigenvalue weighted by Gasteiger charge is -2.10. The first-order valence-corrected chi connectivity index (χ1v) is 6.65. The normalized spacial score (nSPS) is 16.1. The molecular weight excluding hydrogens is 257 g/mol. The van der Waals surface area contributed by atoms with E-state index in [1.54, 1.807) is 18.2 Å². The van der Waals surface area contributed by atoms with E-state index in [4.69, 9.17) is 23.2 Å². The molecule has 17 heavy (non-hydrogen) atoms. The second-order valence-electron chi connectivity index (χ2n) is 4.56. The Morgan fingerprint density at radius 3 is 2.35 bits per heavy atom. The summed E-state index contributed by atoms with van der Waals surface area (Å²) in [5.74, 6) is 0.597. The maximum absolute atomic E-state index is 11.8. The molecule has 0 bridgehead atoms. The van der Waals surface area contributed by atoms with Gasteiger partial charge in [0.25, 0.3) is 0 Å². The maximum atomic E-state index is 11.8. The lowest BCUT2D eigenvalue weighted by Crippen LogP contribution is -2.15. The summed E-state index contributed by atoms with van der Waals surface area (Å²) in [4.78, 5) is 11.8. The predicted octanol–water partition coefficient (Wildman–Crippen LogP) is 4.51. The van der Waals surface area contributed by atoms with Crippen molar-refractivity contribution in [1.29, 1.82) is 0 Å². The van der Waals surface area contributed by atoms with E-state index < -0.39 is 0 Å². The topological polar surface area (TPSA) is 29.1 Å². The number of halogens is 2. The van der Waals surface area contributed by atoms with Gasteiger partial charge < -0.3 is 5.32 Å². The van der Waals surface area contributed by atoms with Gasteiger partial charge in [0.15, 0.2) is 0 Å². The van der Waals surface area contributed by atoms with Gasteiger partial charge in [0.2, 0.25) is 5.91 Å². The van der Waals surface area contributed by atoms with Crippen molar-refractivity contribution >= 4 is 34.8 Å². The molecule has 0 atom stereocenters. The van der Waals surface area contributed by atoms with Crippen LogP contribution in [0.2, 0.25) is 10.0 Å². The van der Waals surface area contributed by atoms with Gasteiger partial charge in [0.1, 0.15) is 0 Å². The van der Waals surface area contributed by atoms with Gasteiger partial charge in [-0.3, -0.25) is 4.79 Å². The zero-order valence-electron chi connectivity index (χ0n) is 9.51. The molecule has 1 aromatic carbocycles. The van der Waals surface area contributed by atoms with E-state index in [1.807, 2.05) is 0 Å². The van der Waals surface area contributed by atoms with Gasteiger partial charge in [-0.1, -0.05) is 36.0 Å². The lowest BCUT2D eigenvalue weighted by molar-refractivity contribution is -0.117. The van der Waals surface area contributed by atoms with Crippen LogP contribution in [0.25, 0.3) is 0 Å². The molecule has 4 heteroatoms. The molecule has 1 aromatic rings. The molecule has 0 saturated heterocycles. The van der Waals surface area contributed by atoms with Crippen molar-refractivity contribution < 1.29 is 4.79 Å².